The van der Waals surface area contributed by atoms with Gasteiger partial charge in [-0.3, -0.25) is 5.43 Å². The minimum atomic E-state index is 0.600. The predicted molar refractivity (Wildman–Crippen MR) is 124 cm³/mol. The van der Waals surface area contributed by atoms with Gasteiger partial charge in [-0.2, -0.15) is 5.10 Å². The minimum Gasteiger partial charge on any atom is -0.383 e. The number of hydrogen-bond donors (Lipinski definition) is 1. The molecule has 0 radical (unpaired) electrons. The molecule has 8 nitrogen and oxygen atoms in total. The average Bonchev–Trinajstić information content (AvgIpc) is 3.24. The van der Waals surface area contributed by atoms with E-state index in [1.165, 1.54) is 5.56 Å². The maximum atomic E-state index is 5.53. The average molecular weight is 423 g/mol. The molecule has 2 aromatic heterocycles. The molecule has 8 heteroatoms. The van der Waals surface area contributed by atoms with Gasteiger partial charge in [0.25, 0.3) is 0 Å². The van der Waals surface area contributed by atoms with E-state index in [2.05, 4.69) is 51.6 Å². The first-order valence-corrected chi connectivity index (χ1v) is 10.8. The molecule has 1 fully saturated rings. The van der Waals surface area contributed by atoms with Crippen LogP contribution in [-0.4, -0.2) is 60.3 Å². The fraction of sp³-hybridized carbons (Fsp3) is 0.435. The van der Waals surface area contributed by atoms with Crippen molar-refractivity contribution in [2.75, 3.05) is 50.3 Å². The summed E-state index contributed by atoms with van der Waals surface area (Å²) in [6.07, 6.45) is 2.83. The van der Waals surface area contributed by atoms with E-state index < -0.39 is 0 Å². The fourth-order valence-corrected chi connectivity index (χ4v) is 3.70. The number of rotatable bonds is 8. The first-order valence-electron chi connectivity index (χ1n) is 10.8. The summed E-state index contributed by atoms with van der Waals surface area (Å²) in [6, 6.07) is 10.5. The Labute approximate surface area is 182 Å². The lowest BCUT2D eigenvalue weighted by Gasteiger charge is -2.29. The number of morpholine rings is 1. The number of fused-ring (bicyclic) bond motifs is 1. The molecule has 4 rings (SSSR count). The van der Waals surface area contributed by atoms with Crippen LogP contribution in [0.4, 0.5) is 11.5 Å². The highest BCUT2D eigenvalue weighted by molar-refractivity contribution is 5.99. The first kappa shape index (κ1) is 21.3. The van der Waals surface area contributed by atoms with Crippen molar-refractivity contribution in [1.29, 1.82) is 0 Å². The molecule has 3 aromatic rings. The molecule has 0 aliphatic carbocycles. The molecule has 1 N–H and O–H groups in total. The van der Waals surface area contributed by atoms with Gasteiger partial charge in [-0.05, 0) is 30.5 Å². The zero-order chi connectivity index (χ0) is 21.6. The van der Waals surface area contributed by atoms with Crippen LogP contribution in [0.25, 0.3) is 11.2 Å². The Morgan fingerprint density at radius 2 is 2.10 bits per heavy atom. The molecule has 0 amide bonds. The van der Waals surface area contributed by atoms with E-state index >= 15 is 0 Å². The summed E-state index contributed by atoms with van der Waals surface area (Å²) >= 11 is 0. The van der Waals surface area contributed by atoms with Gasteiger partial charge in [0, 0.05) is 32.8 Å². The molecule has 3 heterocycles. The molecular formula is C23H30N6O2. The highest BCUT2D eigenvalue weighted by Gasteiger charge is 2.19. The third-order valence-electron chi connectivity index (χ3n) is 5.53. The Bertz CT molecular complexity index is 1060. The molecule has 1 saturated heterocycles. The molecule has 0 unspecified atom stereocenters. The number of benzene rings is 1. The van der Waals surface area contributed by atoms with Crippen LogP contribution in [0.3, 0.4) is 0 Å². The van der Waals surface area contributed by atoms with E-state index in [0.717, 1.165) is 47.6 Å². The summed E-state index contributed by atoms with van der Waals surface area (Å²) in [7, 11) is 1.70. The fourth-order valence-electron chi connectivity index (χ4n) is 3.70. The molecule has 1 aliphatic rings. The third kappa shape index (κ3) is 4.86. The Morgan fingerprint density at radius 3 is 2.87 bits per heavy atom. The van der Waals surface area contributed by atoms with Crippen molar-refractivity contribution in [2.45, 2.75) is 26.8 Å². The van der Waals surface area contributed by atoms with Crippen LogP contribution < -0.4 is 10.3 Å². The lowest BCUT2D eigenvalue weighted by Crippen LogP contribution is -2.36. The van der Waals surface area contributed by atoms with Gasteiger partial charge in [0.1, 0.15) is 5.52 Å². The van der Waals surface area contributed by atoms with Crippen molar-refractivity contribution in [1.82, 2.24) is 14.5 Å². The van der Waals surface area contributed by atoms with Crippen molar-refractivity contribution in [3.05, 3.63) is 47.8 Å². The molecule has 0 bridgehead atoms. The lowest BCUT2D eigenvalue weighted by molar-refractivity contribution is 0.123. The second-order valence-electron chi connectivity index (χ2n) is 7.59. The quantitative estimate of drug-likeness (QED) is 0.443. The number of anilines is 2. The second kappa shape index (κ2) is 9.89. The van der Waals surface area contributed by atoms with Gasteiger partial charge in [0.2, 0.25) is 0 Å². The van der Waals surface area contributed by atoms with Crippen molar-refractivity contribution >= 4 is 28.4 Å². The summed E-state index contributed by atoms with van der Waals surface area (Å²) in [5.74, 6) is 0.694. The minimum absolute atomic E-state index is 0.600. The van der Waals surface area contributed by atoms with Crippen LogP contribution in [0.1, 0.15) is 25.0 Å². The molecule has 1 aliphatic heterocycles. The zero-order valence-electron chi connectivity index (χ0n) is 18.5. The summed E-state index contributed by atoms with van der Waals surface area (Å²) in [4.78, 5) is 11.8. The number of methoxy groups -OCH3 is 1. The standard InChI is InChI=1S/C23H30N6O2/c1-4-18-6-5-7-19(14-18)17(2)26-27-21-15-20(28-9-12-31-13-10-28)22-23(25-21)29(16-24-22)8-11-30-3/h5-7,14-16H,4,8-13H2,1-3H3,(H,25,27)/b26-17+. The van der Waals surface area contributed by atoms with Crippen LogP contribution in [0.2, 0.25) is 0 Å². The number of ether oxygens (including phenoxy) is 2. The zero-order valence-corrected chi connectivity index (χ0v) is 18.5. The van der Waals surface area contributed by atoms with Crippen molar-refractivity contribution in [3.63, 3.8) is 0 Å². The number of nitrogens with one attached hydrogen (secondary N) is 1. The largest absolute Gasteiger partial charge is 0.383 e. The van der Waals surface area contributed by atoms with Gasteiger partial charge in [-0.1, -0.05) is 25.1 Å². The van der Waals surface area contributed by atoms with Gasteiger partial charge in [0.15, 0.2) is 11.5 Å². The van der Waals surface area contributed by atoms with Crippen LogP contribution in [-0.2, 0) is 22.4 Å². The number of aromatic nitrogens is 3. The van der Waals surface area contributed by atoms with Crippen molar-refractivity contribution in [3.8, 4) is 0 Å². The Morgan fingerprint density at radius 1 is 1.26 bits per heavy atom. The molecular weight excluding hydrogens is 392 g/mol. The predicted octanol–water partition coefficient (Wildman–Crippen LogP) is 3.31. The molecule has 0 atom stereocenters. The van der Waals surface area contributed by atoms with Crippen LogP contribution in [0.15, 0.2) is 41.8 Å². The summed E-state index contributed by atoms with van der Waals surface area (Å²) < 4.78 is 12.8. The third-order valence-corrected chi connectivity index (χ3v) is 5.53. The lowest BCUT2D eigenvalue weighted by atomic mass is 10.1. The van der Waals surface area contributed by atoms with Gasteiger partial charge >= 0.3 is 0 Å². The van der Waals surface area contributed by atoms with Gasteiger partial charge in [0.05, 0.1) is 37.5 Å². The second-order valence-corrected chi connectivity index (χ2v) is 7.59. The number of pyridine rings is 1. The van der Waals surface area contributed by atoms with Gasteiger partial charge < -0.3 is 18.9 Å². The normalized spacial score (nSPS) is 14.9. The molecule has 31 heavy (non-hydrogen) atoms. The summed E-state index contributed by atoms with van der Waals surface area (Å²) in [5, 5.41) is 4.62. The Kier molecular flexibility index (Phi) is 6.79. The van der Waals surface area contributed by atoms with Gasteiger partial charge in [-0.15, -0.1) is 0 Å². The number of imidazole rings is 1. The maximum Gasteiger partial charge on any atom is 0.164 e. The Hall–Kier alpha value is -2.97. The number of hydrogen-bond acceptors (Lipinski definition) is 7. The molecule has 0 saturated carbocycles. The molecule has 164 valence electrons. The number of aryl methyl sites for hydroxylation is 1. The topological polar surface area (TPSA) is 76.8 Å². The number of nitrogens with zero attached hydrogens (tertiary/aromatic N) is 5. The van der Waals surface area contributed by atoms with Gasteiger partial charge in [-0.25, -0.2) is 9.97 Å². The summed E-state index contributed by atoms with van der Waals surface area (Å²) in [5.41, 5.74) is 9.25. The first-order chi connectivity index (χ1) is 15.2. The van der Waals surface area contributed by atoms with E-state index in [1.807, 2.05) is 23.9 Å². The van der Waals surface area contributed by atoms with Crippen molar-refractivity contribution in [2.24, 2.45) is 5.10 Å². The van der Waals surface area contributed by atoms with E-state index in [0.29, 0.717) is 32.2 Å². The van der Waals surface area contributed by atoms with Crippen LogP contribution in [0.5, 0.6) is 0 Å². The van der Waals surface area contributed by atoms with Crippen molar-refractivity contribution < 1.29 is 9.47 Å². The van der Waals surface area contributed by atoms with Crippen LogP contribution in [0, 0.1) is 0 Å². The smallest absolute Gasteiger partial charge is 0.164 e. The monoisotopic (exact) mass is 422 g/mol. The molecule has 1 aromatic carbocycles. The van der Waals surface area contributed by atoms with E-state index in [-0.39, 0.29) is 0 Å². The van der Waals surface area contributed by atoms with E-state index in [4.69, 9.17) is 14.5 Å². The van der Waals surface area contributed by atoms with E-state index in [9.17, 15) is 0 Å². The molecule has 0 spiro atoms. The highest BCUT2D eigenvalue weighted by atomic mass is 16.5. The number of hydrazone groups is 1. The Balaban J connectivity index is 1.67. The SMILES string of the molecule is CCc1cccc(/C(C)=N/Nc2cc(N3CCOCC3)c3ncn(CCOC)c3n2)c1. The van der Waals surface area contributed by atoms with E-state index in [1.54, 1.807) is 7.11 Å². The summed E-state index contributed by atoms with van der Waals surface area (Å²) in [6.45, 7) is 8.53. The highest BCUT2D eigenvalue weighted by Crippen LogP contribution is 2.28. The maximum absolute atomic E-state index is 5.53. The van der Waals surface area contributed by atoms with Crippen LogP contribution >= 0.6 is 0 Å².